The number of esters is 1. The monoisotopic (exact) mass is 413 g/mol. The highest BCUT2D eigenvalue weighted by Crippen LogP contribution is 2.30. The largest absolute Gasteiger partial charge is 0.466 e. The van der Waals surface area contributed by atoms with Crippen molar-refractivity contribution in [3.8, 4) is 0 Å². The Balaban J connectivity index is 2.14. The zero-order valence-electron chi connectivity index (χ0n) is 16.6. The fourth-order valence-electron chi connectivity index (χ4n) is 3.17. The third-order valence-electron chi connectivity index (χ3n) is 4.65. The number of ether oxygens (including phenoxy) is 1. The quantitative estimate of drug-likeness (QED) is 0.352. The molecule has 0 amide bonds. The van der Waals surface area contributed by atoms with Crippen LogP contribution in [0.3, 0.4) is 0 Å². The highest BCUT2D eigenvalue weighted by atomic mass is 19.1. The van der Waals surface area contributed by atoms with Crippen LogP contribution in [0.15, 0.2) is 36.4 Å². The average molecular weight is 413 g/mol. The van der Waals surface area contributed by atoms with Crippen LogP contribution in [0.5, 0.6) is 0 Å². The van der Waals surface area contributed by atoms with Crippen molar-refractivity contribution < 1.29 is 18.3 Å². The fraction of sp³-hybridized carbons (Fsp3) is 0.238. The number of hydrogen-bond acceptors (Lipinski definition) is 6. The van der Waals surface area contributed by atoms with Crippen LogP contribution in [-0.4, -0.2) is 35.5 Å². The lowest BCUT2D eigenvalue weighted by atomic mass is 10.1. The molecule has 7 nitrogen and oxygen atoms in total. The molecule has 0 bridgehead atoms. The van der Waals surface area contributed by atoms with Crippen LogP contribution in [0.4, 0.5) is 20.3 Å². The molecule has 3 aromatic rings. The maximum atomic E-state index is 14.8. The van der Waals surface area contributed by atoms with Crippen molar-refractivity contribution in [2.45, 2.75) is 19.8 Å². The van der Waals surface area contributed by atoms with E-state index in [4.69, 9.17) is 15.6 Å². The molecule has 0 radical (unpaired) electrons. The number of carbonyl (C=O) groups excluding carboxylic acids is 1. The van der Waals surface area contributed by atoms with Gasteiger partial charge in [0.1, 0.15) is 17.5 Å². The molecular weight excluding hydrogens is 392 g/mol. The third-order valence-corrected chi connectivity index (χ3v) is 4.65. The smallest absolute Gasteiger partial charge is 0.306 e. The van der Waals surface area contributed by atoms with Gasteiger partial charge < -0.3 is 9.64 Å². The first-order valence-electron chi connectivity index (χ1n) is 9.30. The van der Waals surface area contributed by atoms with Crippen LogP contribution < -0.4 is 10.5 Å². The maximum Gasteiger partial charge on any atom is 0.306 e. The number of benzene rings is 2. The molecule has 1 heterocycles. The topological polar surface area (TPSA) is 95.1 Å². The number of aromatic nitrogens is 2. The van der Waals surface area contributed by atoms with Gasteiger partial charge in [-0.15, -0.1) is 0 Å². The number of fused-ring (bicyclic) bond motifs is 1. The van der Waals surface area contributed by atoms with Crippen LogP contribution in [-0.2, 0) is 16.0 Å². The first kappa shape index (κ1) is 21.1. The first-order chi connectivity index (χ1) is 14.3. The maximum absolute atomic E-state index is 14.8. The Morgan fingerprint density at radius 1 is 1.30 bits per heavy atom. The summed E-state index contributed by atoms with van der Waals surface area (Å²) in [7, 11) is 1.64. The summed E-state index contributed by atoms with van der Waals surface area (Å²) in [5.74, 6) is -1.17. The minimum Gasteiger partial charge on any atom is -0.466 e. The van der Waals surface area contributed by atoms with E-state index in [1.165, 1.54) is 28.8 Å². The number of hydrogen-bond donors (Lipinski definition) is 2. The fourth-order valence-corrected chi connectivity index (χ4v) is 3.17. The van der Waals surface area contributed by atoms with Gasteiger partial charge in [0, 0.05) is 24.5 Å². The Bertz CT molecular complexity index is 1180. The van der Waals surface area contributed by atoms with Gasteiger partial charge in [-0.05, 0) is 49.2 Å². The van der Waals surface area contributed by atoms with Crippen molar-refractivity contribution in [2.75, 3.05) is 18.6 Å². The lowest BCUT2D eigenvalue weighted by Gasteiger charge is -2.21. The van der Waals surface area contributed by atoms with Crippen LogP contribution in [0.25, 0.3) is 10.9 Å². The molecule has 0 spiro atoms. The molecule has 0 aliphatic carbocycles. The number of anilines is 2. The van der Waals surface area contributed by atoms with Crippen LogP contribution >= 0.6 is 0 Å². The predicted molar refractivity (Wildman–Crippen MR) is 109 cm³/mol. The van der Waals surface area contributed by atoms with Crippen molar-refractivity contribution in [3.05, 3.63) is 59.2 Å². The van der Waals surface area contributed by atoms with Gasteiger partial charge in [0.25, 0.3) is 0 Å². The molecule has 0 aliphatic heterocycles. The van der Waals surface area contributed by atoms with Crippen molar-refractivity contribution in [2.24, 2.45) is 0 Å². The SMILES string of the molecule is CCOC(=O)CCc1cc2c(cc1F)c(N(C)c1cccc(F)c1)nc(=N)n2C=N. The van der Waals surface area contributed by atoms with Gasteiger partial charge in [-0.2, -0.15) is 4.98 Å². The summed E-state index contributed by atoms with van der Waals surface area (Å²) in [4.78, 5) is 17.4. The van der Waals surface area contributed by atoms with Gasteiger partial charge in [0.05, 0.1) is 18.5 Å². The summed E-state index contributed by atoms with van der Waals surface area (Å²) in [5, 5.41) is 16.2. The third kappa shape index (κ3) is 4.19. The summed E-state index contributed by atoms with van der Waals surface area (Å²) in [5.41, 5.74) is 0.876. The second kappa shape index (κ2) is 8.81. The molecule has 0 fully saturated rings. The van der Waals surface area contributed by atoms with Crippen molar-refractivity contribution in [3.63, 3.8) is 0 Å². The lowest BCUT2D eigenvalue weighted by molar-refractivity contribution is -0.143. The van der Waals surface area contributed by atoms with E-state index in [1.807, 2.05) is 0 Å². The van der Waals surface area contributed by atoms with E-state index in [1.54, 1.807) is 31.0 Å². The summed E-state index contributed by atoms with van der Waals surface area (Å²) >= 11 is 0. The zero-order chi connectivity index (χ0) is 21.8. The molecule has 2 aromatic carbocycles. The predicted octanol–water partition coefficient (Wildman–Crippen LogP) is 3.51. The Hall–Kier alpha value is -3.62. The number of nitrogens with one attached hydrogen (secondary N) is 2. The first-order valence-corrected chi connectivity index (χ1v) is 9.30. The van der Waals surface area contributed by atoms with Crippen LogP contribution in [0.2, 0.25) is 0 Å². The van der Waals surface area contributed by atoms with E-state index < -0.39 is 17.6 Å². The molecule has 0 atom stereocenters. The van der Waals surface area contributed by atoms with E-state index in [9.17, 15) is 13.6 Å². The second-order valence-corrected chi connectivity index (χ2v) is 6.56. The highest BCUT2D eigenvalue weighted by molar-refractivity contribution is 5.94. The molecule has 9 heteroatoms. The van der Waals surface area contributed by atoms with Gasteiger partial charge in [-0.25, -0.2) is 8.78 Å². The van der Waals surface area contributed by atoms with Gasteiger partial charge in [-0.3, -0.25) is 20.2 Å². The van der Waals surface area contributed by atoms with Crippen molar-refractivity contribution >= 4 is 34.7 Å². The summed E-state index contributed by atoms with van der Waals surface area (Å²) in [6.45, 7) is 1.94. The summed E-state index contributed by atoms with van der Waals surface area (Å²) < 4.78 is 34.6. The molecule has 156 valence electrons. The normalized spacial score (nSPS) is 10.8. The number of aryl methyl sites for hydroxylation is 1. The van der Waals surface area contributed by atoms with Gasteiger partial charge in [0.2, 0.25) is 5.62 Å². The number of halogens is 2. The van der Waals surface area contributed by atoms with Gasteiger partial charge in [0.15, 0.2) is 0 Å². The molecule has 0 unspecified atom stereocenters. The Labute approximate surface area is 171 Å². The van der Waals surface area contributed by atoms with Crippen molar-refractivity contribution in [1.29, 1.82) is 10.8 Å². The second-order valence-electron chi connectivity index (χ2n) is 6.56. The molecule has 0 aliphatic rings. The summed E-state index contributed by atoms with van der Waals surface area (Å²) in [6, 6.07) is 8.58. The molecule has 3 rings (SSSR count). The van der Waals surface area contributed by atoms with E-state index in [0.29, 0.717) is 16.6 Å². The van der Waals surface area contributed by atoms with E-state index in [0.717, 1.165) is 6.34 Å². The number of carbonyl (C=O) groups is 1. The van der Waals surface area contributed by atoms with E-state index in [2.05, 4.69) is 4.98 Å². The number of rotatable bonds is 7. The molecule has 1 aromatic heterocycles. The van der Waals surface area contributed by atoms with Gasteiger partial charge in [-0.1, -0.05) is 6.07 Å². The Kier molecular flexibility index (Phi) is 6.20. The Morgan fingerprint density at radius 2 is 2.07 bits per heavy atom. The molecule has 0 saturated carbocycles. The van der Waals surface area contributed by atoms with Crippen molar-refractivity contribution in [1.82, 2.24) is 9.55 Å². The lowest BCUT2D eigenvalue weighted by Crippen LogP contribution is -2.26. The van der Waals surface area contributed by atoms with Crippen LogP contribution in [0.1, 0.15) is 18.9 Å². The highest BCUT2D eigenvalue weighted by Gasteiger charge is 2.17. The summed E-state index contributed by atoms with van der Waals surface area (Å²) in [6.07, 6.45) is 1.04. The zero-order valence-corrected chi connectivity index (χ0v) is 16.6. The van der Waals surface area contributed by atoms with Crippen LogP contribution in [0, 0.1) is 22.5 Å². The minimum atomic E-state index is -0.545. The standard InChI is InChI=1S/C21H21F2N5O2/c1-3-30-19(29)8-7-13-9-18-16(11-17(13)23)20(26-21(25)28(18)12-24)27(2)15-6-4-5-14(22)10-15/h4-6,9-12,24-25H,3,7-8H2,1-2H3. The molecule has 0 saturated heterocycles. The Morgan fingerprint density at radius 3 is 2.73 bits per heavy atom. The average Bonchev–Trinajstić information content (AvgIpc) is 2.72. The molecule has 2 N–H and O–H groups in total. The molecule has 30 heavy (non-hydrogen) atoms. The molecular formula is C21H21F2N5O2. The van der Waals surface area contributed by atoms with Gasteiger partial charge >= 0.3 is 5.97 Å². The van der Waals surface area contributed by atoms with E-state index >= 15 is 0 Å². The number of nitrogens with zero attached hydrogens (tertiary/aromatic N) is 3. The minimum absolute atomic E-state index is 0.00965. The van der Waals surface area contributed by atoms with E-state index in [-0.39, 0.29) is 36.4 Å².